The van der Waals surface area contributed by atoms with Crippen molar-refractivity contribution in [3.8, 4) is 0 Å². The summed E-state index contributed by atoms with van der Waals surface area (Å²) in [5.74, 6) is 1.71. The molecule has 1 aromatic rings. The number of carbonyl (C=O) groups is 1. The molecule has 0 radical (unpaired) electrons. The Morgan fingerprint density at radius 2 is 2.05 bits per heavy atom. The number of hydrogen-bond donors (Lipinski definition) is 0. The Morgan fingerprint density at radius 3 is 2.68 bits per heavy atom. The van der Waals surface area contributed by atoms with Crippen LogP contribution in [0.3, 0.4) is 0 Å². The minimum absolute atomic E-state index is 0.306. The molecule has 102 valence electrons. The summed E-state index contributed by atoms with van der Waals surface area (Å²) in [6.45, 7) is 4.22. The van der Waals surface area contributed by atoms with Gasteiger partial charge in [0.05, 0.1) is 0 Å². The SMILES string of the molecule is CN1C[C@@H]2CN(C(=O)CCc3cccnc3)C[C@@H]2C1. The van der Waals surface area contributed by atoms with E-state index in [4.69, 9.17) is 0 Å². The predicted molar refractivity (Wildman–Crippen MR) is 73.6 cm³/mol. The fourth-order valence-corrected chi connectivity index (χ4v) is 3.39. The van der Waals surface area contributed by atoms with E-state index in [0.717, 1.165) is 38.2 Å². The van der Waals surface area contributed by atoms with Crippen LogP contribution in [0.5, 0.6) is 0 Å². The van der Waals surface area contributed by atoms with Gasteiger partial charge in [-0.3, -0.25) is 9.78 Å². The van der Waals surface area contributed by atoms with Gasteiger partial charge in [0.1, 0.15) is 0 Å². The highest BCUT2D eigenvalue weighted by molar-refractivity contribution is 5.76. The number of carbonyl (C=O) groups excluding carboxylic acids is 1. The molecule has 3 heterocycles. The van der Waals surface area contributed by atoms with Crippen molar-refractivity contribution < 1.29 is 4.79 Å². The van der Waals surface area contributed by atoms with Crippen LogP contribution in [0.2, 0.25) is 0 Å². The molecule has 0 aromatic carbocycles. The van der Waals surface area contributed by atoms with Crippen LogP contribution in [0.25, 0.3) is 0 Å². The van der Waals surface area contributed by atoms with Crippen molar-refractivity contribution in [3.05, 3.63) is 30.1 Å². The van der Waals surface area contributed by atoms with Crippen molar-refractivity contribution in [1.29, 1.82) is 0 Å². The number of rotatable bonds is 3. The lowest BCUT2D eigenvalue weighted by atomic mass is 10.0. The van der Waals surface area contributed by atoms with E-state index in [1.807, 2.05) is 18.3 Å². The Kier molecular flexibility index (Phi) is 3.51. The molecule has 2 saturated heterocycles. The highest BCUT2D eigenvalue weighted by Gasteiger charge is 2.39. The van der Waals surface area contributed by atoms with Gasteiger partial charge in [-0.15, -0.1) is 0 Å². The van der Waals surface area contributed by atoms with Gasteiger partial charge in [0.15, 0.2) is 0 Å². The Bertz CT molecular complexity index is 434. The third-order valence-electron chi connectivity index (χ3n) is 4.37. The maximum atomic E-state index is 12.2. The lowest BCUT2D eigenvalue weighted by Gasteiger charge is -2.19. The molecule has 2 fully saturated rings. The van der Waals surface area contributed by atoms with E-state index in [9.17, 15) is 4.79 Å². The molecule has 4 heteroatoms. The number of nitrogens with zero attached hydrogens (tertiary/aromatic N) is 3. The summed E-state index contributed by atoms with van der Waals surface area (Å²) in [6, 6.07) is 3.96. The molecule has 0 bridgehead atoms. The van der Waals surface area contributed by atoms with Crippen LogP contribution in [0.15, 0.2) is 24.5 Å². The van der Waals surface area contributed by atoms with Crippen LogP contribution < -0.4 is 0 Å². The van der Waals surface area contributed by atoms with Gasteiger partial charge < -0.3 is 9.80 Å². The summed E-state index contributed by atoms with van der Waals surface area (Å²) in [5, 5.41) is 0. The number of fused-ring (bicyclic) bond motifs is 1. The van der Waals surface area contributed by atoms with Gasteiger partial charge in [0, 0.05) is 45.0 Å². The zero-order valence-corrected chi connectivity index (χ0v) is 11.5. The largest absolute Gasteiger partial charge is 0.342 e. The molecule has 0 unspecified atom stereocenters. The van der Waals surface area contributed by atoms with E-state index in [1.165, 1.54) is 0 Å². The van der Waals surface area contributed by atoms with Crippen molar-refractivity contribution in [2.45, 2.75) is 12.8 Å². The summed E-state index contributed by atoms with van der Waals surface area (Å²) in [4.78, 5) is 20.8. The molecule has 19 heavy (non-hydrogen) atoms. The predicted octanol–water partition coefficient (Wildman–Crippen LogP) is 1.03. The first-order valence-corrected chi connectivity index (χ1v) is 7.07. The van der Waals surface area contributed by atoms with Crippen LogP contribution >= 0.6 is 0 Å². The topological polar surface area (TPSA) is 36.4 Å². The van der Waals surface area contributed by atoms with Crippen LogP contribution in [0.4, 0.5) is 0 Å². The second-order valence-corrected chi connectivity index (χ2v) is 5.90. The first-order valence-electron chi connectivity index (χ1n) is 7.07. The van der Waals surface area contributed by atoms with Crippen LogP contribution in [0, 0.1) is 11.8 Å². The lowest BCUT2D eigenvalue weighted by molar-refractivity contribution is -0.130. The molecule has 0 aliphatic carbocycles. The summed E-state index contributed by atoms with van der Waals surface area (Å²) in [7, 11) is 2.17. The second-order valence-electron chi connectivity index (χ2n) is 5.90. The maximum Gasteiger partial charge on any atom is 0.222 e. The minimum atomic E-state index is 0.306. The quantitative estimate of drug-likeness (QED) is 0.813. The van der Waals surface area contributed by atoms with Gasteiger partial charge in [-0.1, -0.05) is 6.07 Å². The summed E-state index contributed by atoms with van der Waals surface area (Å²) in [5.41, 5.74) is 1.15. The van der Waals surface area contributed by atoms with Gasteiger partial charge in [0.2, 0.25) is 5.91 Å². The van der Waals surface area contributed by atoms with Crippen molar-refractivity contribution in [2.75, 3.05) is 33.2 Å². The number of amides is 1. The Balaban J connectivity index is 1.50. The number of aromatic nitrogens is 1. The minimum Gasteiger partial charge on any atom is -0.342 e. The average Bonchev–Trinajstić information content (AvgIpc) is 2.94. The van der Waals surface area contributed by atoms with E-state index in [2.05, 4.69) is 21.8 Å². The standard InChI is InChI=1S/C15H21N3O/c1-17-8-13-10-18(11-14(13)9-17)15(19)5-4-12-3-2-6-16-7-12/h2-3,6-7,13-14H,4-5,8-11H2,1H3/t13-,14+. The number of aryl methyl sites for hydroxylation is 1. The molecule has 4 nitrogen and oxygen atoms in total. The monoisotopic (exact) mass is 259 g/mol. The van der Waals surface area contributed by atoms with E-state index in [1.54, 1.807) is 6.20 Å². The molecule has 0 spiro atoms. The second kappa shape index (κ2) is 5.29. The lowest BCUT2D eigenvalue weighted by Crippen LogP contribution is -2.32. The van der Waals surface area contributed by atoms with E-state index >= 15 is 0 Å². The van der Waals surface area contributed by atoms with E-state index in [0.29, 0.717) is 24.2 Å². The number of pyridine rings is 1. The molecule has 1 amide bonds. The van der Waals surface area contributed by atoms with Gasteiger partial charge in [0.25, 0.3) is 0 Å². The average molecular weight is 259 g/mol. The molecule has 3 rings (SSSR count). The van der Waals surface area contributed by atoms with Crippen LogP contribution in [-0.4, -0.2) is 53.9 Å². The smallest absolute Gasteiger partial charge is 0.222 e. The van der Waals surface area contributed by atoms with Crippen molar-refractivity contribution >= 4 is 5.91 Å². The molecule has 2 aliphatic heterocycles. The Morgan fingerprint density at radius 1 is 1.32 bits per heavy atom. The molecule has 2 atom stereocenters. The third-order valence-corrected chi connectivity index (χ3v) is 4.37. The molecule has 1 aromatic heterocycles. The van der Waals surface area contributed by atoms with Crippen molar-refractivity contribution in [2.24, 2.45) is 11.8 Å². The van der Waals surface area contributed by atoms with Crippen LogP contribution in [0.1, 0.15) is 12.0 Å². The molecule has 0 saturated carbocycles. The van der Waals surface area contributed by atoms with Crippen molar-refractivity contribution in [3.63, 3.8) is 0 Å². The van der Waals surface area contributed by atoms with Crippen molar-refractivity contribution in [1.82, 2.24) is 14.8 Å². The summed E-state index contributed by atoms with van der Waals surface area (Å²) < 4.78 is 0. The molecule has 2 aliphatic rings. The first-order chi connectivity index (χ1) is 9.22. The Hall–Kier alpha value is -1.42. The zero-order chi connectivity index (χ0) is 13.2. The third kappa shape index (κ3) is 2.78. The van der Waals surface area contributed by atoms with E-state index in [-0.39, 0.29) is 0 Å². The van der Waals surface area contributed by atoms with E-state index < -0.39 is 0 Å². The highest BCUT2D eigenvalue weighted by Crippen LogP contribution is 2.30. The number of likely N-dealkylation sites (tertiary alicyclic amines) is 2. The van der Waals surface area contributed by atoms with Crippen LogP contribution in [-0.2, 0) is 11.2 Å². The molecular weight excluding hydrogens is 238 g/mol. The molecular formula is C15H21N3O. The zero-order valence-electron chi connectivity index (χ0n) is 11.5. The summed E-state index contributed by atoms with van der Waals surface area (Å²) in [6.07, 6.45) is 5.03. The summed E-state index contributed by atoms with van der Waals surface area (Å²) >= 11 is 0. The normalized spacial score (nSPS) is 26.7. The highest BCUT2D eigenvalue weighted by atomic mass is 16.2. The Labute approximate surface area is 114 Å². The fraction of sp³-hybridized carbons (Fsp3) is 0.600. The van der Waals surface area contributed by atoms with Gasteiger partial charge in [-0.2, -0.15) is 0 Å². The van der Waals surface area contributed by atoms with Gasteiger partial charge in [-0.05, 0) is 36.9 Å². The molecule has 0 N–H and O–H groups in total. The first kappa shape index (κ1) is 12.6. The van der Waals surface area contributed by atoms with Gasteiger partial charge >= 0.3 is 0 Å². The van der Waals surface area contributed by atoms with Gasteiger partial charge in [-0.25, -0.2) is 0 Å². The number of hydrogen-bond acceptors (Lipinski definition) is 3. The fourth-order valence-electron chi connectivity index (χ4n) is 3.39. The maximum absolute atomic E-state index is 12.2.